The minimum Gasteiger partial charge on any atom is -0.450 e. The number of para-hydroxylation sites is 1. The van der Waals surface area contributed by atoms with Crippen molar-refractivity contribution >= 4 is 38.6 Å². The maximum Gasteiger partial charge on any atom is 0.375 e. The number of carbonyl (C=O) groups excluding carboxylic acids is 2. The quantitative estimate of drug-likeness (QED) is 0.645. The molecule has 2 aromatic carbocycles. The van der Waals surface area contributed by atoms with E-state index in [9.17, 15) is 18.0 Å². The normalized spacial score (nSPS) is 11.3. The minimum absolute atomic E-state index is 0.0280. The number of hydrogen-bond acceptors (Lipinski definition) is 6. The van der Waals surface area contributed by atoms with E-state index in [0.29, 0.717) is 11.1 Å². The van der Waals surface area contributed by atoms with Gasteiger partial charge in [0.25, 0.3) is 5.91 Å². The minimum atomic E-state index is -3.89. The van der Waals surface area contributed by atoms with Gasteiger partial charge in [0.05, 0.1) is 4.90 Å². The average Bonchev–Trinajstić information content (AvgIpc) is 2.96. The van der Waals surface area contributed by atoms with Crippen molar-refractivity contribution in [1.82, 2.24) is 0 Å². The van der Waals surface area contributed by atoms with Crippen LogP contribution in [0, 0.1) is 6.92 Å². The van der Waals surface area contributed by atoms with Gasteiger partial charge in [0, 0.05) is 16.6 Å². The topological polar surface area (TPSA) is 129 Å². The molecule has 1 aromatic heterocycles. The summed E-state index contributed by atoms with van der Waals surface area (Å²) in [6.45, 7) is 1.16. The van der Waals surface area contributed by atoms with E-state index in [1.165, 1.54) is 24.3 Å². The molecule has 0 aliphatic rings. The van der Waals surface area contributed by atoms with Gasteiger partial charge in [0.1, 0.15) is 5.58 Å². The van der Waals surface area contributed by atoms with Gasteiger partial charge in [-0.3, -0.25) is 4.79 Å². The van der Waals surface area contributed by atoms with Gasteiger partial charge >= 0.3 is 5.97 Å². The number of benzene rings is 2. The monoisotopic (exact) mass is 388 g/mol. The van der Waals surface area contributed by atoms with Gasteiger partial charge < -0.3 is 14.5 Å². The highest BCUT2D eigenvalue weighted by atomic mass is 32.2. The molecule has 1 amide bonds. The molecule has 0 aliphatic carbocycles. The van der Waals surface area contributed by atoms with E-state index in [1.54, 1.807) is 19.1 Å². The number of esters is 1. The van der Waals surface area contributed by atoms with Crippen molar-refractivity contribution in [3.63, 3.8) is 0 Å². The summed E-state index contributed by atoms with van der Waals surface area (Å²) in [5.41, 5.74) is 1.38. The molecular weight excluding hydrogens is 372 g/mol. The summed E-state index contributed by atoms with van der Waals surface area (Å²) in [7, 11) is -3.89. The lowest BCUT2D eigenvalue weighted by Gasteiger charge is -2.07. The van der Waals surface area contributed by atoms with Crippen molar-refractivity contribution < 1.29 is 27.2 Å². The Hall–Kier alpha value is -3.17. The Morgan fingerprint density at radius 1 is 1.15 bits per heavy atom. The number of amides is 1. The Kier molecular flexibility index (Phi) is 4.98. The van der Waals surface area contributed by atoms with Gasteiger partial charge in [-0.05, 0) is 31.2 Å². The molecule has 0 bridgehead atoms. The number of anilines is 1. The molecule has 0 unspecified atom stereocenters. The molecule has 3 aromatic rings. The zero-order valence-electron chi connectivity index (χ0n) is 14.3. The number of furan rings is 1. The molecule has 0 radical (unpaired) electrons. The first-order valence-corrected chi connectivity index (χ1v) is 9.38. The fourth-order valence-corrected chi connectivity index (χ4v) is 3.07. The fraction of sp³-hybridized carbons (Fsp3) is 0.111. The summed E-state index contributed by atoms with van der Waals surface area (Å²) in [4.78, 5) is 24.0. The molecule has 140 valence electrons. The van der Waals surface area contributed by atoms with E-state index in [0.717, 1.165) is 5.39 Å². The second-order valence-electron chi connectivity index (χ2n) is 5.75. The zero-order chi connectivity index (χ0) is 19.6. The Morgan fingerprint density at radius 2 is 1.89 bits per heavy atom. The number of fused-ring (bicyclic) bond motifs is 1. The number of aryl methyl sites for hydroxylation is 1. The van der Waals surface area contributed by atoms with Crippen LogP contribution in [0.15, 0.2) is 57.8 Å². The third-order valence-electron chi connectivity index (χ3n) is 3.81. The summed E-state index contributed by atoms with van der Waals surface area (Å²) in [5.74, 6) is -1.37. The van der Waals surface area contributed by atoms with Crippen LogP contribution in [-0.2, 0) is 19.6 Å². The lowest BCUT2D eigenvalue weighted by Crippen LogP contribution is -2.21. The van der Waals surface area contributed by atoms with Crippen LogP contribution in [-0.4, -0.2) is 26.9 Å². The molecule has 9 heteroatoms. The Morgan fingerprint density at radius 3 is 2.59 bits per heavy atom. The van der Waals surface area contributed by atoms with Crippen molar-refractivity contribution in [2.75, 3.05) is 11.9 Å². The molecule has 0 fully saturated rings. The molecule has 0 spiro atoms. The highest BCUT2D eigenvalue weighted by Crippen LogP contribution is 2.25. The zero-order valence-corrected chi connectivity index (χ0v) is 15.1. The third kappa shape index (κ3) is 4.15. The Bertz CT molecular complexity index is 1130. The predicted octanol–water partition coefficient (Wildman–Crippen LogP) is 2.18. The second kappa shape index (κ2) is 7.22. The van der Waals surface area contributed by atoms with E-state index in [1.807, 2.05) is 12.1 Å². The van der Waals surface area contributed by atoms with Gasteiger partial charge in [-0.25, -0.2) is 18.4 Å². The summed E-state index contributed by atoms with van der Waals surface area (Å²) in [5, 5.41) is 8.27. The lowest BCUT2D eigenvalue weighted by atomic mass is 10.1. The Balaban J connectivity index is 1.65. The molecule has 8 nitrogen and oxygen atoms in total. The molecule has 0 atom stereocenters. The fourth-order valence-electron chi connectivity index (χ4n) is 2.51. The van der Waals surface area contributed by atoms with Gasteiger partial charge in [0.15, 0.2) is 6.61 Å². The lowest BCUT2D eigenvalue weighted by molar-refractivity contribution is -0.119. The van der Waals surface area contributed by atoms with Gasteiger partial charge in [-0.1, -0.05) is 24.3 Å². The molecule has 3 N–H and O–H groups in total. The predicted molar refractivity (Wildman–Crippen MR) is 97.7 cm³/mol. The number of ether oxygens (including phenoxy) is 1. The number of primary sulfonamides is 1. The summed E-state index contributed by atoms with van der Waals surface area (Å²) < 4.78 is 33.1. The molecule has 27 heavy (non-hydrogen) atoms. The summed E-state index contributed by atoms with van der Waals surface area (Å²) in [6.07, 6.45) is 0. The largest absolute Gasteiger partial charge is 0.450 e. The number of carbonyl (C=O) groups is 2. The smallest absolute Gasteiger partial charge is 0.375 e. The van der Waals surface area contributed by atoms with Crippen LogP contribution in [0.5, 0.6) is 0 Å². The second-order valence-corrected chi connectivity index (χ2v) is 7.31. The van der Waals surface area contributed by atoms with Gasteiger partial charge in [-0.15, -0.1) is 0 Å². The summed E-state index contributed by atoms with van der Waals surface area (Å²) in [6, 6.07) is 12.6. The molecule has 0 saturated heterocycles. The van der Waals surface area contributed by atoms with Gasteiger partial charge in [0.2, 0.25) is 15.8 Å². The molecule has 0 saturated carbocycles. The molecule has 0 aliphatic heterocycles. The van der Waals surface area contributed by atoms with Crippen LogP contribution in [0.1, 0.15) is 16.1 Å². The van der Waals surface area contributed by atoms with E-state index in [2.05, 4.69) is 5.32 Å². The molecule has 1 heterocycles. The van der Waals surface area contributed by atoms with Crippen molar-refractivity contribution in [1.29, 1.82) is 0 Å². The van der Waals surface area contributed by atoms with E-state index >= 15 is 0 Å². The first-order valence-electron chi connectivity index (χ1n) is 7.83. The van der Waals surface area contributed by atoms with Crippen LogP contribution in [0.3, 0.4) is 0 Å². The standard InChI is InChI=1S/C18H16N2O6S/c1-11-14-7-2-3-8-15(14)26-17(11)18(22)25-10-16(21)20-12-5-4-6-13(9-12)27(19,23)24/h2-9H,10H2,1H3,(H,20,21)(H2,19,23,24). The number of sulfonamides is 1. The third-order valence-corrected chi connectivity index (χ3v) is 4.72. The Labute approximate surface area is 155 Å². The average molecular weight is 388 g/mol. The molecular formula is C18H16N2O6S. The first-order chi connectivity index (χ1) is 12.8. The van der Waals surface area contributed by atoms with Crippen molar-refractivity contribution in [3.8, 4) is 0 Å². The van der Waals surface area contributed by atoms with E-state index in [4.69, 9.17) is 14.3 Å². The van der Waals surface area contributed by atoms with Crippen LogP contribution in [0.25, 0.3) is 11.0 Å². The van der Waals surface area contributed by atoms with E-state index in [-0.39, 0.29) is 16.3 Å². The first kappa shape index (κ1) is 18.6. The van der Waals surface area contributed by atoms with Crippen molar-refractivity contribution in [2.45, 2.75) is 11.8 Å². The van der Waals surface area contributed by atoms with Crippen LogP contribution >= 0.6 is 0 Å². The number of hydrogen-bond donors (Lipinski definition) is 2. The maximum atomic E-state index is 12.2. The highest BCUT2D eigenvalue weighted by molar-refractivity contribution is 7.89. The highest BCUT2D eigenvalue weighted by Gasteiger charge is 2.20. The summed E-state index contributed by atoms with van der Waals surface area (Å²) >= 11 is 0. The maximum absolute atomic E-state index is 12.2. The van der Waals surface area contributed by atoms with Crippen LogP contribution < -0.4 is 10.5 Å². The van der Waals surface area contributed by atoms with Crippen molar-refractivity contribution in [2.24, 2.45) is 5.14 Å². The van der Waals surface area contributed by atoms with Crippen LogP contribution in [0.4, 0.5) is 5.69 Å². The number of nitrogens with two attached hydrogens (primary N) is 1. The van der Waals surface area contributed by atoms with Crippen molar-refractivity contribution in [3.05, 3.63) is 59.9 Å². The van der Waals surface area contributed by atoms with Gasteiger partial charge in [-0.2, -0.15) is 0 Å². The SMILES string of the molecule is Cc1c(C(=O)OCC(=O)Nc2cccc(S(N)(=O)=O)c2)oc2ccccc12. The number of rotatable bonds is 5. The van der Waals surface area contributed by atoms with Crippen LogP contribution in [0.2, 0.25) is 0 Å². The molecule has 3 rings (SSSR count). The van der Waals surface area contributed by atoms with E-state index < -0.39 is 28.5 Å². The number of nitrogens with one attached hydrogen (secondary N) is 1.